The maximum Gasteiger partial charge on any atom is 0.235 e. The van der Waals surface area contributed by atoms with E-state index < -0.39 is 5.41 Å². The molecular weight excluding hydrogens is 402 g/mol. The van der Waals surface area contributed by atoms with E-state index in [1.807, 2.05) is 0 Å². The first-order valence-corrected chi connectivity index (χ1v) is 9.12. The van der Waals surface area contributed by atoms with Gasteiger partial charge in [0.1, 0.15) is 11.6 Å². The van der Waals surface area contributed by atoms with E-state index in [0.29, 0.717) is 28.5 Å². The fourth-order valence-corrected chi connectivity index (χ4v) is 4.64. The second kappa shape index (κ2) is 5.33. The zero-order valence-electron chi connectivity index (χ0n) is 13.5. The first-order valence-electron chi connectivity index (χ1n) is 8.33. The molecular formula is C20H13BrF2N2O. The van der Waals surface area contributed by atoms with Crippen LogP contribution in [-0.4, -0.2) is 10.9 Å². The van der Waals surface area contributed by atoms with Gasteiger partial charge in [0.15, 0.2) is 0 Å². The van der Waals surface area contributed by atoms with E-state index in [-0.39, 0.29) is 23.5 Å². The van der Waals surface area contributed by atoms with Crippen LogP contribution in [0.3, 0.4) is 0 Å². The number of benzene rings is 2. The summed E-state index contributed by atoms with van der Waals surface area (Å²) in [5.74, 6) is -0.496. The van der Waals surface area contributed by atoms with Gasteiger partial charge < -0.3 is 5.32 Å². The van der Waals surface area contributed by atoms with E-state index in [1.165, 1.54) is 18.2 Å². The Bertz CT molecular complexity index is 1080. The van der Waals surface area contributed by atoms with Crippen molar-refractivity contribution >= 4 is 38.4 Å². The largest absolute Gasteiger partial charge is 0.324 e. The quantitative estimate of drug-likeness (QED) is 0.605. The molecule has 26 heavy (non-hydrogen) atoms. The summed E-state index contributed by atoms with van der Waals surface area (Å²) in [4.78, 5) is 17.1. The van der Waals surface area contributed by atoms with Gasteiger partial charge in [0.2, 0.25) is 5.91 Å². The summed E-state index contributed by atoms with van der Waals surface area (Å²) in [6.45, 7) is 0. The molecule has 0 radical (unpaired) electrons. The molecule has 6 heteroatoms. The lowest BCUT2D eigenvalue weighted by Crippen LogP contribution is -2.45. The number of fused-ring (bicyclic) bond motifs is 4. The molecule has 2 aromatic carbocycles. The number of anilines is 1. The number of nitrogens with zero attached hydrogens (tertiary/aromatic N) is 1. The highest BCUT2D eigenvalue weighted by molar-refractivity contribution is 9.10. The molecule has 2 aliphatic rings. The maximum atomic E-state index is 13.9. The summed E-state index contributed by atoms with van der Waals surface area (Å²) >= 11 is 3.23. The lowest BCUT2D eigenvalue weighted by Gasteiger charge is -2.44. The smallest absolute Gasteiger partial charge is 0.235 e. The van der Waals surface area contributed by atoms with Crippen LogP contribution in [0.5, 0.6) is 0 Å². The molecule has 1 fully saturated rings. The number of halogens is 3. The summed E-state index contributed by atoms with van der Waals surface area (Å²) in [5, 5.41) is 3.71. The highest BCUT2D eigenvalue weighted by Gasteiger charge is 2.56. The molecule has 0 unspecified atom stereocenters. The highest BCUT2D eigenvalue weighted by atomic mass is 79.9. The SMILES string of the molecule is O=C1Nc2cnc3cc(F)c(Br)cc3c2C12CC(c1ccc(F)cc1)C2. The molecule has 1 aliphatic heterocycles. The zero-order valence-corrected chi connectivity index (χ0v) is 15.1. The molecule has 130 valence electrons. The second-order valence-corrected chi connectivity index (χ2v) is 7.88. The second-order valence-electron chi connectivity index (χ2n) is 7.02. The van der Waals surface area contributed by atoms with E-state index in [0.717, 1.165) is 16.5 Å². The lowest BCUT2D eigenvalue weighted by atomic mass is 9.57. The van der Waals surface area contributed by atoms with Crippen molar-refractivity contribution in [3.63, 3.8) is 0 Å². The standard InChI is InChI=1S/C20H13BrF2N2O/c21-14-5-13-16(6-15(14)23)24-9-17-18(13)20(19(26)25-17)7-11(8-20)10-1-3-12(22)4-2-10/h1-6,9,11H,7-8H2,(H,25,26). The van der Waals surface area contributed by atoms with Crippen molar-refractivity contribution in [2.24, 2.45) is 0 Å². The minimum absolute atomic E-state index is 0.0411. The molecule has 2 heterocycles. The number of pyridine rings is 1. The van der Waals surface area contributed by atoms with E-state index >= 15 is 0 Å². The van der Waals surface area contributed by atoms with Crippen molar-refractivity contribution in [1.29, 1.82) is 0 Å². The summed E-state index contributed by atoms with van der Waals surface area (Å²) < 4.78 is 27.4. The number of rotatable bonds is 1. The Morgan fingerprint density at radius 3 is 2.62 bits per heavy atom. The van der Waals surface area contributed by atoms with Crippen LogP contribution in [0.4, 0.5) is 14.5 Å². The maximum absolute atomic E-state index is 13.9. The molecule has 5 rings (SSSR count). The first-order chi connectivity index (χ1) is 12.5. The third-order valence-corrected chi connectivity index (χ3v) is 6.21. The van der Waals surface area contributed by atoms with Crippen molar-refractivity contribution in [2.75, 3.05) is 5.32 Å². The lowest BCUT2D eigenvalue weighted by molar-refractivity contribution is -0.124. The Balaban J connectivity index is 1.61. The highest BCUT2D eigenvalue weighted by Crippen LogP contribution is 2.59. The average molecular weight is 415 g/mol. The molecule has 0 atom stereocenters. The number of carbonyl (C=O) groups is 1. The van der Waals surface area contributed by atoms with E-state index in [4.69, 9.17) is 0 Å². The van der Waals surface area contributed by atoms with Gasteiger partial charge in [0, 0.05) is 17.0 Å². The van der Waals surface area contributed by atoms with Gasteiger partial charge in [-0.2, -0.15) is 0 Å². The number of nitrogens with one attached hydrogen (secondary N) is 1. The molecule has 0 saturated heterocycles. The zero-order chi connectivity index (χ0) is 18.1. The molecule has 1 saturated carbocycles. The first kappa shape index (κ1) is 15.9. The van der Waals surface area contributed by atoms with Crippen LogP contribution >= 0.6 is 15.9 Å². The van der Waals surface area contributed by atoms with Gasteiger partial charge in [-0.15, -0.1) is 0 Å². The molecule has 0 bridgehead atoms. The Kier molecular flexibility index (Phi) is 3.26. The number of amides is 1. The number of hydrogen-bond acceptors (Lipinski definition) is 2. The third kappa shape index (κ3) is 2.08. The van der Waals surface area contributed by atoms with Gasteiger partial charge in [-0.25, -0.2) is 8.78 Å². The van der Waals surface area contributed by atoms with Crippen LogP contribution in [0.25, 0.3) is 10.9 Å². The van der Waals surface area contributed by atoms with Crippen LogP contribution in [0.1, 0.15) is 29.9 Å². The Labute approximate surface area is 156 Å². The minimum atomic E-state index is -0.632. The van der Waals surface area contributed by atoms with Crippen molar-refractivity contribution < 1.29 is 13.6 Å². The van der Waals surface area contributed by atoms with Gasteiger partial charge in [-0.1, -0.05) is 12.1 Å². The van der Waals surface area contributed by atoms with Gasteiger partial charge in [0.25, 0.3) is 0 Å². The molecule has 1 aromatic heterocycles. The van der Waals surface area contributed by atoms with E-state index in [9.17, 15) is 13.6 Å². The number of aromatic nitrogens is 1. The Hall–Kier alpha value is -2.34. The normalized spacial score (nSPS) is 23.8. The van der Waals surface area contributed by atoms with E-state index in [2.05, 4.69) is 26.2 Å². The number of carbonyl (C=O) groups excluding carboxylic acids is 1. The van der Waals surface area contributed by atoms with E-state index in [1.54, 1.807) is 24.4 Å². The van der Waals surface area contributed by atoms with Crippen molar-refractivity contribution in [3.8, 4) is 0 Å². The van der Waals surface area contributed by atoms with Crippen LogP contribution in [0.2, 0.25) is 0 Å². The monoisotopic (exact) mass is 414 g/mol. The van der Waals surface area contributed by atoms with Crippen molar-refractivity contribution in [3.05, 3.63) is 69.8 Å². The Morgan fingerprint density at radius 2 is 1.88 bits per heavy atom. The van der Waals surface area contributed by atoms with Gasteiger partial charge in [-0.05, 0) is 58.5 Å². The summed E-state index contributed by atoms with van der Waals surface area (Å²) in [6, 6.07) is 9.52. The molecule has 3 nitrogen and oxygen atoms in total. The average Bonchev–Trinajstić information content (AvgIpc) is 2.88. The molecule has 1 spiro atoms. The minimum Gasteiger partial charge on any atom is -0.324 e. The van der Waals surface area contributed by atoms with Gasteiger partial charge in [-0.3, -0.25) is 9.78 Å². The molecule has 1 amide bonds. The van der Waals surface area contributed by atoms with Crippen molar-refractivity contribution in [1.82, 2.24) is 4.98 Å². The van der Waals surface area contributed by atoms with Crippen LogP contribution < -0.4 is 5.32 Å². The van der Waals surface area contributed by atoms with Crippen molar-refractivity contribution in [2.45, 2.75) is 24.2 Å². The fraction of sp³-hybridized carbons (Fsp3) is 0.200. The van der Waals surface area contributed by atoms with Crippen LogP contribution in [0.15, 0.2) is 47.1 Å². The number of hydrogen-bond donors (Lipinski definition) is 1. The summed E-state index contributed by atoms with van der Waals surface area (Å²) in [7, 11) is 0. The molecule has 1 N–H and O–H groups in total. The fourth-order valence-electron chi connectivity index (χ4n) is 4.29. The summed E-state index contributed by atoms with van der Waals surface area (Å²) in [6.07, 6.45) is 2.89. The van der Waals surface area contributed by atoms with Crippen LogP contribution in [0, 0.1) is 11.6 Å². The van der Waals surface area contributed by atoms with Crippen LogP contribution in [-0.2, 0) is 10.2 Å². The topological polar surface area (TPSA) is 42.0 Å². The molecule has 3 aromatic rings. The predicted octanol–water partition coefficient (Wildman–Crippen LogP) is 5.04. The third-order valence-electron chi connectivity index (χ3n) is 5.60. The summed E-state index contributed by atoms with van der Waals surface area (Å²) in [5.41, 5.74) is 2.52. The van der Waals surface area contributed by atoms with Gasteiger partial charge >= 0.3 is 0 Å². The Morgan fingerprint density at radius 1 is 1.15 bits per heavy atom. The molecule has 1 aliphatic carbocycles. The van der Waals surface area contributed by atoms with Gasteiger partial charge in [0.05, 0.1) is 27.3 Å². The predicted molar refractivity (Wildman–Crippen MR) is 98.1 cm³/mol.